The highest BCUT2D eigenvalue weighted by molar-refractivity contribution is 5.94. The summed E-state index contributed by atoms with van der Waals surface area (Å²) in [6.07, 6.45) is 0. The van der Waals surface area contributed by atoms with Crippen LogP contribution < -0.4 is 10.0 Å². The summed E-state index contributed by atoms with van der Waals surface area (Å²) in [4.78, 5) is 13.1. The largest absolute Gasteiger partial charge is 0.545 e. The lowest BCUT2D eigenvalue weighted by Crippen LogP contribution is -2.36. The van der Waals surface area contributed by atoms with Gasteiger partial charge in [-0.2, -0.15) is 0 Å². The Labute approximate surface area is 111 Å². The third-order valence-corrected chi connectivity index (χ3v) is 3.44. The molecule has 4 heteroatoms. The number of ether oxygens (including phenoxy) is 1. The van der Waals surface area contributed by atoms with Crippen molar-refractivity contribution in [1.82, 2.24) is 0 Å². The van der Waals surface area contributed by atoms with Crippen LogP contribution in [0.2, 0.25) is 0 Å². The highest BCUT2D eigenvalue weighted by Crippen LogP contribution is 2.23. The SMILES string of the molecule is O=C([O-])c1ccc2cc(N3CCOCC3)ccc2c1. The first-order chi connectivity index (χ1) is 9.24. The van der Waals surface area contributed by atoms with E-state index in [2.05, 4.69) is 11.0 Å². The molecule has 0 N–H and O–H groups in total. The number of fused-ring (bicyclic) bond motifs is 1. The molecule has 1 aliphatic heterocycles. The van der Waals surface area contributed by atoms with Crippen molar-refractivity contribution < 1.29 is 14.6 Å². The van der Waals surface area contributed by atoms with Crippen molar-refractivity contribution in [2.75, 3.05) is 31.2 Å². The molecule has 1 saturated heterocycles. The summed E-state index contributed by atoms with van der Waals surface area (Å²) < 4.78 is 5.34. The summed E-state index contributed by atoms with van der Waals surface area (Å²) in [5, 5.41) is 12.8. The summed E-state index contributed by atoms with van der Waals surface area (Å²) in [6.45, 7) is 3.29. The van der Waals surface area contributed by atoms with Gasteiger partial charge in [-0.25, -0.2) is 0 Å². The van der Waals surface area contributed by atoms with Gasteiger partial charge < -0.3 is 19.5 Å². The Morgan fingerprint density at radius 2 is 1.74 bits per heavy atom. The van der Waals surface area contributed by atoms with E-state index >= 15 is 0 Å². The molecule has 2 aromatic carbocycles. The van der Waals surface area contributed by atoms with E-state index in [9.17, 15) is 9.90 Å². The van der Waals surface area contributed by atoms with Gasteiger partial charge in [0.15, 0.2) is 0 Å². The van der Waals surface area contributed by atoms with Crippen molar-refractivity contribution in [3.8, 4) is 0 Å². The van der Waals surface area contributed by atoms with Gasteiger partial charge in [-0.05, 0) is 34.5 Å². The van der Waals surface area contributed by atoms with Crippen molar-refractivity contribution >= 4 is 22.4 Å². The topological polar surface area (TPSA) is 52.6 Å². The molecule has 1 aliphatic rings. The first kappa shape index (κ1) is 12.0. The number of carboxylic acid groups (broad SMARTS) is 1. The number of anilines is 1. The maximum atomic E-state index is 10.8. The quantitative estimate of drug-likeness (QED) is 0.805. The van der Waals surface area contributed by atoms with Crippen molar-refractivity contribution in [2.24, 2.45) is 0 Å². The molecule has 2 aromatic rings. The van der Waals surface area contributed by atoms with Crippen LogP contribution in [0.15, 0.2) is 36.4 Å². The first-order valence-corrected chi connectivity index (χ1v) is 6.32. The van der Waals surface area contributed by atoms with Crippen LogP contribution in [0, 0.1) is 0 Å². The number of morpholine rings is 1. The van der Waals surface area contributed by atoms with E-state index in [0.29, 0.717) is 0 Å². The van der Waals surface area contributed by atoms with Crippen molar-refractivity contribution in [1.29, 1.82) is 0 Å². The first-order valence-electron chi connectivity index (χ1n) is 6.32. The minimum absolute atomic E-state index is 0.214. The zero-order valence-electron chi connectivity index (χ0n) is 10.5. The van der Waals surface area contributed by atoms with Crippen LogP contribution in [-0.4, -0.2) is 32.3 Å². The second-order valence-electron chi connectivity index (χ2n) is 4.63. The Morgan fingerprint density at radius 1 is 1.05 bits per heavy atom. The van der Waals surface area contributed by atoms with Crippen LogP contribution >= 0.6 is 0 Å². The molecular weight excluding hydrogens is 242 g/mol. The van der Waals surface area contributed by atoms with Gasteiger partial charge in [0.25, 0.3) is 0 Å². The van der Waals surface area contributed by atoms with Crippen LogP contribution in [0.1, 0.15) is 10.4 Å². The summed E-state index contributed by atoms with van der Waals surface area (Å²) >= 11 is 0. The third-order valence-electron chi connectivity index (χ3n) is 3.44. The molecule has 1 heterocycles. The molecule has 0 aliphatic carbocycles. The average Bonchev–Trinajstić information content (AvgIpc) is 2.47. The van der Waals surface area contributed by atoms with E-state index in [0.717, 1.165) is 42.8 Å². The van der Waals surface area contributed by atoms with E-state index in [1.807, 2.05) is 18.2 Å². The number of nitrogens with zero attached hydrogens (tertiary/aromatic N) is 1. The Kier molecular flexibility index (Phi) is 3.09. The maximum Gasteiger partial charge on any atom is 0.0715 e. The van der Waals surface area contributed by atoms with E-state index < -0.39 is 5.97 Å². The van der Waals surface area contributed by atoms with E-state index in [4.69, 9.17) is 4.74 Å². The Hall–Kier alpha value is -2.07. The lowest BCUT2D eigenvalue weighted by Gasteiger charge is -2.29. The smallest absolute Gasteiger partial charge is 0.0715 e. The molecule has 98 valence electrons. The molecule has 0 spiro atoms. The molecule has 19 heavy (non-hydrogen) atoms. The number of aromatic carboxylic acids is 1. The Morgan fingerprint density at radius 3 is 2.47 bits per heavy atom. The lowest BCUT2D eigenvalue weighted by molar-refractivity contribution is -0.255. The molecule has 0 radical (unpaired) electrons. The van der Waals surface area contributed by atoms with Crippen LogP contribution in [-0.2, 0) is 4.74 Å². The number of hydrogen-bond donors (Lipinski definition) is 0. The predicted octanol–water partition coefficient (Wildman–Crippen LogP) is 1.04. The summed E-state index contributed by atoms with van der Waals surface area (Å²) in [6, 6.07) is 11.1. The maximum absolute atomic E-state index is 10.8. The number of carbonyl (C=O) groups is 1. The minimum Gasteiger partial charge on any atom is -0.545 e. The van der Waals surface area contributed by atoms with E-state index in [1.54, 1.807) is 12.1 Å². The average molecular weight is 256 g/mol. The predicted molar refractivity (Wildman–Crippen MR) is 71.3 cm³/mol. The number of carbonyl (C=O) groups excluding carboxylic acids is 1. The monoisotopic (exact) mass is 256 g/mol. The summed E-state index contributed by atoms with van der Waals surface area (Å²) in [7, 11) is 0. The fourth-order valence-corrected chi connectivity index (χ4v) is 2.38. The standard InChI is InChI=1S/C15H15NO3/c17-15(18)13-2-1-12-10-14(4-3-11(12)9-13)16-5-7-19-8-6-16/h1-4,9-10H,5-8H2,(H,17,18)/p-1. The summed E-state index contributed by atoms with van der Waals surface area (Å²) in [5.41, 5.74) is 1.36. The lowest BCUT2D eigenvalue weighted by atomic mass is 10.1. The van der Waals surface area contributed by atoms with Gasteiger partial charge in [0.05, 0.1) is 19.2 Å². The van der Waals surface area contributed by atoms with Crippen LogP contribution in [0.5, 0.6) is 0 Å². The van der Waals surface area contributed by atoms with E-state index in [-0.39, 0.29) is 5.56 Å². The van der Waals surface area contributed by atoms with Crippen LogP contribution in [0.4, 0.5) is 5.69 Å². The van der Waals surface area contributed by atoms with Gasteiger partial charge in [-0.1, -0.05) is 18.2 Å². The molecule has 0 aromatic heterocycles. The number of carboxylic acids is 1. The second kappa shape index (κ2) is 4.90. The van der Waals surface area contributed by atoms with Gasteiger partial charge in [-0.3, -0.25) is 0 Å². The normalized spacial score (nSPS) is 15.7. The molecule has 0 bridgehead atoms. The number of hydrogen-bond acceptors (Lipinski definition) is 4. The van der Waals surface area contributed by atoms with Crippen molar-refractivity contribution in [3.05, 3.63) is 42.0 Å². The Balaban J connectivity index is 1.97. The van der Waals surface area contributed by atoms with Gasteiger partial charge in [0.1, 0.15) is 0 Å². The fourth-order valence-electron chi connectivity index (χ4n) is 2.38. The molecule has 3 rings (SSSR count). The summed E-state index contributed by atoms with van der Waals surface area (Å²) in [5.74, 6) is -1.14. The van der Waals surface area contributed by atoms with Crippen LogP contribution in [0.25, 0.3) is 10.8 Å². The highest BCUT2D eigenvalue weighted by atomic mass is 16.5. The zero-order valence-corrected chi connectivity index (χ0v) is 10.5. The molecule has 0 atom stereocenters. The minimum atomic E-state index is -1.14. The van der Waals surface area contributed by atoms with Crippen molar-refractivity contribution in [2.45, 2.75) is 0 Å². The third kappa shape index (κ3) is 2.39. The number of benzene rings is 2. The molecule has 4 nitrogen and oxygen atoms in total. The zero-order chi connectivity index (χ0) is 13.2. The van der Waals surface area contributed by atoms with Gasteiger partial charge in [0.2, 0.25) is 0 Å². The fraction of sp³-hybridized carbons (Fsp3) is 0.267. The molecular formula is C15H14NO3-. The molecule has 0 saturated carbocycles. The van der Waals surface area contributed by atoms with Crippen LogP contribution in [0.3, 0.4) is 0 Å². The van der Waals surface area contributed by atoms with Gasteiger partial charge >= 0.3 is 0 Å². The van der Waals surface area contributed by atoms with E-state index in [1.165, 1.54) is 0 Å². The molecule has 0 unspecified atom stereocenters. The van der Waals surface area contributed by atoms with Gasteiger partial charge in [0, 0.05) is 18.8 Å². The number of rotatable bonds is 2. The van der Waals surface area contributed by atoms with Gasteiger partial charge in [-0.15, -0.1) is 0 Å². The van der Waals surface area contributed by atoms with Crippen molar-refractivity contribution in [3.63, 3.8) is 0 Å². The molecule has 0 amide bonds. The Bertz CT molecular complexity index is 618. The highest BCUT2D eigenvalue weighted by Gasteiger charge is 2.11. The molecule has 1 fully saturated rings. The second-order valence-corrected chi connectivity index (χ2v) is 4.63.